The minimum Gasteiger partial charge on any atom is -0.462 e. The number of unbranched alkanes of at least 4 members (excludes halogenated alkanes) is 47. The number of hydrogen-bond acceptors (Lipinski definition) is 6. The standard InChI is InChI=1S/C74H136O6/c1-4-7-10-13-16-19-22-25-28-30-32-34-36-37-39-40-42-44-46-49-52-55-58-61-64-67-73(76)79-70-71(69-78-72(75)66-63-60-57-54-51-48-27-24-21-18-15-12-9-6-3)80-74(77)68-65-62-59-56-53-50-47-45-43-41-38-35-33-31-29-26-23-20-17-14-11-8-5-2/h23-24,26-27,31,33,38,41,71H,4-22,25,28-30,32,34-37,39-40,42-70H2,1-3H3/b26-23-,27-24-,33-31-,41-38-. The van der Waals surface area contributed by atoms with Crippen molar-refractivity contribution in [3.8, 4) is 0 Å². The Hall–Kier alpha value is -2.63. The zero-order chi connectivity index (χ0) is 57.8. The van der Waals surface area contributed by atoms with Crippen LogP contribution in [0.5, 0.6) is 0 Å². The second-order valence-electron chi connectivity index (χ2n) is 24.1. The van der Waals surface area contributed by atoms with E-state index in [1.165, 1.54) is 263 Å². The van der Waals surface area contributed by atoms with Gasteiger partial charge in [-0.1, -0.05) is 333 Å². The van der Waals surface area contributed by atoms with Crippen LogP contribution in [0, 0.1) is 0 Å². The molecule has 0 rings (SSSR count). The lowest BCUT2D eigenvalue weighted by atomic mass is 10.0. The van der Waals surface area contributed by atoms with Crippen molar-refractivity contribution in [3.63, 3.8) is 0 Å². The molecule has 0 aliphatic rings. The molecule has 0 radical (unpaired) electrons. The molecule has 0 aromatic heterocycles. The number of rotatable bonds is 66. The number of esters is 3. The van der Waals surface area contributed by atoms with E-state index in [4.69, 9.17) is 14.2 Å². The molecule has 468 valence electrons. The summed E-state index contributed by atoms with van der Waals surface area (Å²) in [5, 5.41) is 0. The molecular weight excluding hydrogens is 985 g/mol. The summed E-state index contributed by atoms with van der Waals surface area (Å²) < 4.78 is 17.0. The van der Waals surface area contributed by atoms with Crippen LogP contribution < -0.4 is 0 Å². The fourth-order valence-electron chi connectivity index (χ4n) is 10.7. The summed E-state index contributed by atoms with van der Waals surface area (Å²) in [6, 6.07) is 0. The minimum atomic E-state index is -0.780. The van der Waals surface area contributed by atoms with Gasteiger partial charge in [-0.05, 0) is 83.5 Å². The third kappa shape index (κ3) is 66.2. The zero-order valence-corrected chi connectivity index (χ0v) is 53.9. The molecule has 0 amide bonds. The largest absolute Gasteiger partial charge is 0.462 e. The molecule has 0 heterocycles. The quantitative estimate of drug-likeness (QED) is 0.0261. The highest BCUT2D eigenvalue weighted by Gasteiger charge is 2.19. The van der Waals surface area contributed by atoms with Crippen molar-refractivity contribution in [3.05, 3.63) is 48.6 Å². The molecular formula is C74H136O6. The van der Waals surface area contributed by atoms with E-state index in [1.807, 2.05) is 0 Å². The molecule has 0 bridgehead atoms. The Bertz CT molecular complexity index is 1380. The lowest BCUT2D eigenvalue weighted by Crippen LogP contribution is -2.30. The molecule has 1 atom stereocenters. The van der Waals surface area contributed by atoms with Crippen LogP contribution in [-0.4, -0.2) is 37.2 Å². The van der Waals surface area contributed by atoms with Gasteiger partial charge in [-0.2, -0.15) is 0 Å². The average Bonchev–Trinajstić information content (AvgIpc) is 3.46. The summed E-state index contributed by atoms with van der Waals surface area (Å²) in [6.45, 7) is 6.67. The Kier molecular flexibility index (Phi) is 66.6. The van der Waals surface area contributed by atoms with Crippen LogP contribution >= 0.6 is 0 Å². The van der Waals surface area contributed by atoms with Gasteiger partial charge in [0, 0.05) is 19.3 Å². The summed E-state index contributed by atoms with van der Waals surface area (Å²) in [6.07, 6.45) is 87.1. The van der Waals surface area contributed by atoms with Crippen LogP contribution in [0.4, 0.5) is 0 Å². The van der Waals surface area contributed by atoms with Crippen molar-refractivity contribution in [2.24, 2.45) is 0 Å². The maximum absolute atomic E-state index is 13.0. The summed E-state index contributed by atoms with van der Waals surface area (Å²) >= 11 is 0. The Morgan fingerprint density at radius 2 is 0.450 bits per heavy atom. The molecule has 80 heavy (non-hydrogen) atoms. The van der Waals surface area contributed by atoms with E-state index in [9.17, 15) is 14.4 Å². The van der Waals surface area contributed by atoms with Crippen molar-refractivity contribution in [2.45, 2.75) is 393 Å². The van der Waals surface area contributed by atoms with E-state index in [0.717, 1.165) is 83.5 Å². The van der Waals surface area contributed by atoms with E-state index < -0.39 is 6.10 Å². The first-order chi connectivity index (χ1) is 39.5. The van der Waals surface area contributed by atoms with E-state index in [2.05, 4.69) is 69.4 Å². The topological polar surface area (TPSA) is 78.9 Å². The SMILES string of the molecule is CCCCCCC/C=C\C/C=C\C/C=C\CCCCCCCCCCC(=O)OC(COC(=O)CCCCCCC/C=C\CCCCCCC)COC(=O)CCCCCCCCCCCCCCCCCCCCCCCCCCC. The van der Waals surface area contributed by atoms with Crippen LogP contribution in [-0.2, 0) is 28.6 Å². The third-order valence-corrected chi connectivity index (χ3v) is 16.1. The monoisotopic (exact) mass is 1120 g/mol. The lowest BCUT2D eigenvalue weighted by molar-refractivity contribution is -0.167. The van der Waals surface area contributed by atoms with Crippen molar-refractivity contribution < 1.29 is 28.6 Å². The van der Waals surface area contributed by atoms with E-state index in [-0.39, 0.29) is 31.1 Å². The second-order valence-corrected chi connectivity index (χ2v) is 24.1. The maximum Gasteiger partial charge on any atom is 0.306 e. The van der Waals surface area contributed by atoms with Gasteiger partial charge < -0.3 is 14.2 Å². The molecule has 0 aliphatic carbocycles. The third-order valence-electron chi connectivity index (χ3n) is 16.1. The van der Waals surface area contributed by atoms with E-state index in [0.29, 0.717) is 19.3 Å². The van der Waals surface area contributed by atoms with Crippen LogP contribution in [0.15, 0.2) is 48.6 Å². The van der Waals surface area contributed by atoms with Crippen LogP contribution in [0.3, 0.4) is 0 Å². The molecule has 0 aromatic carbocycles. The number of ether oxygens (including phenoxy) is 3. The van der Waals surface area contributed by atoms with Gasteiger partial charge in [0.1, 0.15) is 13.2 Å². The highest BCUT2D eigenvalue weighted by Crippen LogP contribution is 2.18. The van der Waals surface area contributed by atoms with Gasteiger partial charge in [-0.25, -0.2) is 0 Å². The highest BCUT2D eigenvalue weighted by molar-refractivity contribution is 5.71. The summed E-state index contributed by atoms with van der Waals surface area (Å²) in [5.41, 5.74) is 0. The molecule has 0 spiro atoms. The molecule has 1 unspecified atom stereocenters. The van der Waals surface area contributed by atoms with Gasteiger partial charge in [0.05, 0.1) is 0 Å². The summed E-state index contributed by atoms with van der Waals surface area (Å²) in [7, 11) is 0. The number of allylic oxidation sites excluding steroid dienone is 8. The molecule has 6 heteroatoms. The first-order valence-corrected chi connectivity index (χ1v) is 35.6. The van der Waals surface area contributed by atoms with Crippen LogP contribution in [0.1, 0.15) is 387 Å². The molecule has 0 aliphatic heterocycles. The average molecular weight is 1120 g/mol. The van der Waals surface area contributed by atoms with E-state index in [1.54, 1.807) is 0 Å². The van der Waals surface area contributed by atoms with Crippen molar-refractivity contribution in [2.75, 3.05) is 13.2 Å². The highest BCUT2D eigenvalue weighted by atomic mass is 16.6. The second kappa shape index (κ2) is 68.9. The molecule has 0 saturated carbocycles. The van der Waals surface area contributed by atoms with Crippen LogP contribution in [0.25, 0.3) is 0 Å². The van der Waals surface area contributed by atoms with Crippen molar-refractivity contribution in [1.29, 1.82) is 0 Å². The van der Waals surface area contributed by atoms with Crippen molar-refractivity contribution in [1.82, 2.24) is 0 Å². The van der Waals surface area contributed by atoms with Gasteiger partial charge in [-0.15, -0.1) is 0 Å². The minimum absolute atomic E-state index is 0.0747. The predicted octanol–water partition coefficient (Wildman–Crippen LogP) is 24.5. The maximum atomic E-state index is 13.0. The normalized spacial score (nSPS) is 12.3. The first kappa shape index (κ1) is 77.4. The molecule has 6 nitrogen and oxygen atoms in total. The van der Waals surface area contributed by atoms with Gasteiger partial charge in [0.15, 0.2) is 6.10 Å². The summed E-state index contributed by atoms with van der Waals surface area (Å²) in [4.78, 5) is 38.4. The number of carbonyl (C=O) groups excluding carboxylic acids is 3. The lowest BCUT2D eigenvalue weighted by Gasteiger charge is -2.18. The smallest absolute Gasteiger partial charge is 0.306 e. The van der Waals surface area contributed by atoms with Gasteiger partial charge in [-0.3, -0.25) is 14.4 Å². The zero-order valence-electron chi connectivity index (χ0n) is 53.9. The first-order valence-electron chi connectivity index (χ1n) is 35.6. The van der Waals surface area contributed by atoms with Gasteiger partial charge in [0.25, 0.3) is 0 Å². The number of hydrogen-bond donors (Lipinski definition) is 0. The Balaban J connectivity index is 4.28. The fourth-order valence-corrected chi connectivity index (χ4v) is 10.7. The summed E-state index contributed by atoms with van der Waals surface area (Å²) in [5.74, 6) is -0.865. The van der Waals surface area contributed by atoms with Gasteiger partial charge in [0.2, 0.25) is 0 Å². The fraction of sp³-hybridized carbons (Fsp3) is 0.851. The van der Waals surface area contributed by atoms with Crippen LogP contribution in [0.2, 0.25) is 0 Å². The van der Waals surface area contributed by atoms with E-state index >= 15 is 0 Å². The molecule has 0 aromatic rings. The molecule has 0 N–H and O–H groups in total. The Morgan fingerprint density at radius 1 is 0.250 bits per heavy atom. The molecule has 0 fully saturated rings. The Morgan fingerprint density at radius 3 is 0.713 bits per heavy atom. The predicted molar refractivity (Wildman–Crippen MR) is 349 cm³/mol. The Labute approximate surface area is 498 Å². The van der Waals surface area contributed by atoms with Crippen molar-refractivity contribution >= 4 is 17.9 Å². The van der Waals surface area contributed by atoms with Gasteiger partial charge >= 0.3 is 17.9 Å². The number of carbonyl (C=O) groups is 3. The molecule has 0 saturated heterocycles.